The summed E-state index contributed by atoms with van der Waals surface area (Å²) in [5.74, 6) is 0. The van der Waals surface area contributed by atoms with E-state index in [0.717, 1.165) is 22.4 Å². The highest BCUT2D eigenvalue weighted by Crippen LogP contribution is 2.38. The van der Waals surface area contributed by atoms with Crippen LogP contribution < -0.4 is 5.32 Å². The average Bonchev–Trinajstić information content (AvgIpc) is 2.78. The number of azo groups is 1. The first-order chi connectivity index (χ1) is 15.3. The number of nitrogens with zero attached hydrogens (tertiary/aromatic N) is 3. The third-order valence-corrected chi connectivity index (χ3v) is 6.10. The van der Waals surface area contributed by atoms with Crippen LogP contribution in [0.3, 0.4) is 0 Å². The molecule has 2 N–H and O–H groups in total. The molecule has 162 valence electrons. The predicted octanol–water partition coefficient (Wildman–Crippen LogP) is 6.22. The van der Waals surface area contributed by atoms with Gasteiger partial charge >= 0.3 is 0 Å². The number of fused-ring (bicyclic) bond motifs is 1. The highest BCUT2D eigenvalue weighted by molar-refractivity contribution is 7.86. The maximum Gasteiger partial charge on any atom is 0.295 e. The van der Waals surface area contributed by atoms with E-state index in [0.29, 0.717) is 22.1 Å². The van der Waals surface area contributed by atoms with Crippen LogP contribution in [0.1, 0.15) is 11.1 Å². The fourth-order valence-electron chi connectivity index (χ4n) is 3.61. The summed E-state index contributed by atoms with van der Waals surface area (Å²) >= 11 is 0. The van der Waals surface area contributed by atoms with Gasteiger partial charge in [0.15, 0.2) is 0 Å². The molecule has 0 aliphatic heterocycles. The molecule has 0 aliphatic carbocycles. The van der Waals surface area contributed by atoms with Crippen molar-refractivity contribution in [2.24, 2.45) is 10.2 Å². The van der Waals surface area contributed by atoms with E-state index in [-0.39, 0.29) is 10.6 Å². The topological polar surface area (TPSA) is 104 Å². The number of aryl methyl sites for hydroxylation is 2. The van der Waals surface area contributed by atoms with Crippen molar-refractivity contribution >= 4 is 38.0 Å². The van der Waals surface area contributed by atoms with Gasteiger partial charge in [-0.3, -0.25) is 9.54 Å². The molecule has 0 saturated carbocycles. The highest BCUT2D eigenvalue weighted by Gasteiger charge is 2.19. The Labute approximate surface area is 186 Å². The van der Waals surface area contributed by atoms with Gasteiger partial charge in [0.25, 0.3) is 10.1 Å². The zero-order valence-electron chi connectivity index (χ0n) is 17.9. The number of pyridine rings is 1. The molecule has 0 amide bonds. The average molecular weight is 447 g/mol. The highest BCUT2D eigenvalue weighted by atomic mass is 32.2. The van der Waals surface area contributed by atoms with Gasteiger partial charge in [-0.1, -0.05) is 42.0 Å². The van der Waals surface area contributed by atoms with Crippen LogP contribution >= 0.6 is 0 Å². The van der Waals surface area contributed by atoms with Crippen molar-refractivity contribution in [1.29, 1.82) is 0 Å². The minimum atomic E-state index is -4.45. The maximum absolute atomic E-state index is 11.9. The molecule has 0 spiro atoms. The Kier molecular flexibility index (Phi) is 5.73. The van der Waals surface area contributed by atoms with E-state index in [1.165, 1.54) is 6.07 Å². The van der Waals surface area contributed by atoms with Gasteiger partial charge in [-0.25, -0.2) is 0 Å². The van der Waals surface area contributed by atoms with Gasteiger partial charge in [0, 0.05) is 23.4 Å². The fourth-order valence-corrected chi connectivity index (χ4v) is 4.33. The van der Waals surface area contributed by atoms with Gasteiger partial charge in [0.2, 0.25) is 0 Å². The van der Waals surface area contributed by atoms with Crippen molar-refractivity contribution in [3.05, 3.63) is 78.0 Å². The Morgan fingerprint density at radius 1 is 0.938 bits per heavy atom. The second-order valence-corrected chi connectivity index (χ2v) is 8.85. The second-order valence-electron chi connectivity index (χ2n) is 7.46. The molecule has 0 fully saturated rings. The molecule has 8 heteroatoms. The van der Waals surface area contributed by atoms with E-state index in [1.54, 1.807) is 43.6 Å². The summed E-state index contributed by atoms with van der Waals surface area (Å²) in [5, 5.41) is 12.6. The minimum Gasteiger partial charge on any atom is -0.386 e. The van der Waals surface area contributed by atoms with Crippen LogP contribution in [0.5, 0.6) is 0 Å². The largest absolute Gasteiger partial charge is 0.386 e. The number of anilines is 1. The standard InChI is InChI=1S/C24H22N4O3S/c1-15-8-9-16(2)20(12-15)21-11-10-17(14-26-21)27-28-22-13-23(32(29,30)31)18-6-4-5-7-19(18)24(22)25-3/h4-14,25H,1-3H3,(H,29,30,31). The molecule has 3 aromatic carbocycles. The summed E-state index contributed by atoms with van der Waals surface area (Å²) in [4.78, 5) is 4.29. The Morgan fingerprint density at radius 3 is 2.34 bits per heavy atom. The van der Waals surface area contributed by atoms with Crippen molar-refractivity contribution < 1.29 is 13.0 Å². The van der Waals surface area contributed by atoms with Crippen molar-refractivity contribution in [3.8, 4) is 11.3 Å². The first-order valence-electron chi connectivity index (χ1n) is 9.94. The third-order valence-electron chi connectivity index (χ3n) is 5.20. The Morgan fingerprint density at radius 2 is 1.69 bits per heavy atom. The van der Waals surface area contributed by atoms with Crippen LogP contribution in [-0.2, 0) is 10.1 Å². The summed E-state index contributed by atoms with van der Waals surface area (Å²) in [6.45, 7) is 4.07. The van der Waals surface area contributed by atoms with Crippen LogP contribution in [0.15, 0.2) is 82.0 Å². The fraction of sp³-hybridized carbons (Fsp3) is 0.125. The molecule has 4 rings (SSSR count). The summed E-state index contributed by atoms with van der Waals surface area (Å²) in [7, 11) is -2.73. The molecule has 0 bridgehead atoms. The number of nitrogens with one attached hydrogen (secondary N) is 1. The van der Waals surface area contributed by atoms with Crippen LogP contribution in [0.4, 0.5) is 17.1 Å². The van der Waals surface area contributed by atoms with E-state index < -0.39 is 10.1 Å². The zero-order chi connectivity index (χ0) is 22.9. The maximum atomic E-state index is 11.9. The molecule has 0 saturated heterocycles. The van der Waals surface area contributed by atoms with Crippen molar-refractivity contribution in [2.45, 2.75) is 18.7 Å². The lowest BCUT2D eigenvalue weighted by molar-refractivity contribution is 0.484. The molecule has 1 aromatic heterocycles. The smallest absolute Gasteiger partial charge is 0.295 e. The monoisotopic (exact) mass is 446 g/mol. The van der Waals surface area contributed by atoms with Crippen molar-refractivity contribution in [3.63, 3.8) is 0 Å². The Hall–Kier alpha value is -3.62. The molecule has 1 heterocycles. The van der Waals surface area contributed by atoms with E-state index in [9.17, 15) is 13.0 Å². The van der Waals surface area contributed by atoms with E-state index in [4.69, 9.17) is 0 Å². The van der Waals surface area contributed by atoms with Gasteiger partial charge in [0.05, 0.1) is 17.6 Å². The lowest BCUT2D eigenvalue weighted by atomic mass is 10.0. The summed E-state index contributed by atoms with van der Waals surface area (Å²) in [5.41, 5.74) is 5.59. The van der Waals surface area contributed by atoms with Crippen LogP contribution in [0.25, 0.3) is 22.0 Å². The summed E-state index contributed by atoms with van der Waals surface area (Å²) < 4.78 is 33.6. The van der Waals surface area contributed by atoms with Crippen molar-refractivity contribution in [1.82, 2.24) is 4.98 Å². The molecular formula is C24H22N4O3S. The van der Waals surface area contributed by atoms with Gasteiger partial charge < -0.3 is 5.32 Å². The second kappa shape index (κ2) is 8.49. The van der Waals surface area contributed by atoms with E-state index >= 15 is 0 Å². The lowest BCUT2D eigenvalue weighted by Gasteiger charge is -2.12. The molecule has 0 atom stereocenters. The number of hydrogen-bond donors (Lipinski definition) is 2. The normalized spacial score (nSPS) is 11.9. The van der Waals surface area contributed by atoms with Crippen LogP contribution in [-0.4, -0.2) is 25.0 Å². The molecule has 0 aliphatic rings. The number of hydrogen-bond acceptors (Lipinski definition) is 6. The summed E-state index contributed by atoms with van der Waals surface area (Å²) in [6, 6.07) is 18.1. The van der Waals surface area contributed by atoms with Crippen molar-refractivity contribution in [2.75, 3.05) is 12.4 Å². The first-order valence-corrected chi connectivity index (χ1v) is 11.4. The Bertz CT molecular complexity index is 1450. The van der Waals surface area contributed by atoms with E-state index in [1.807, 2.05) is 19.9 Å². The van der Waals surface area contributed by atoms with Crippen LogP contribution in [0, 0.1) is 13.8 Å². The number of benzene rings is 3. The van der Waals surface area contributed by atoms with Crippen LogP contribution in [0.2, 0.25) is 0 Å². The summed E-state index contributed by atoms with van der Waals surface area (Å²) in [6.07, 6.45) is 1.62. The van der Waals surface area contributed by atoms with E-state index in [2.05, 4.69) is 38.7 Å². The third kappa shape index (κ3) is 4.23. The number of rotatable bonds is 5. The van der Waals surface area contributed by atoms with Gasteiger partial charge in [-0.2, -0.15) is 8.42 Å². The number of aromatic nitrogens is 1. The molecule has 0 unspecified atom stereocenters. The molecule has 32 heavy (non-hydrogen) atoms. The van der Waals surface area contributed by atoms with Gasteiger partial charge in [-0.05, 0) is 43.7 Å². The molecular weight excluding hydrogens is 424 g/mol. The predicted molar refractivity (Wildman–Crippen MR) is 127 cm³/mol. The molecule has 0 radical (unpaired) electrons. The minimum absolute atomic E-state index is 0.218. The lowest BCUT2D eigenvalue weighted by Crippen LogP contribution is -2.01. The van der Waals surface area contributed by atoms with Gasteiger partial charge in [-0.15, -0.1) is 10.2 Å². The Balaban J connectivity index is 1.75. The SMILES string of the molecule is CNc1c(N=Nc2ccc(-c3cc(C)ccc3C)nc2)cc(S(=O)(=O)O)c2ccccc12. The molecule has 4 aromatic rings. The quantitative estimate of drug-likeness (QED) is 0.280. The zero-order valence-corrected chi connectivity index (χ0v) is 18.7. The first kappa shape index (κ1) is 21.6. The van der Waals surface area contributed by atoms with Gasteiger partial charge in [0.1, 0.15) is 16.3 Å². The molecule has 7 nitrogen and oxygen atoms in total.